The minimum atomic E-state index is -0.0876. The van der Waals surface area contributed by atoms with Crippen LogP contribution in [0.25, 0.3) is 6.08 Å². The molecule has 16 heavy (non-hydrogen) atoms. The van der Waals surface area contributed by atoms with Crippen molar-refractivity contribution in [2.24, 2.45) is 5.73 Å². The van der Waals surface area contributed by atoms with E-state index in [4.69, 9.17) is 5.73 Å². The summed E-state index contributed by atoms with van der Waals surface area (Å²) in [5.41, 5.74) is 9.58. The van der Waals surface area contributed by atoms with Crippen molar-refractivity contribution in [3.8, 4) is 0 Å². The molecule has 0 fully saturated rings. The van der Waals surface area contributed by atoms with E-state index in [1.165, 1.54) is 0 Å². The highest BCUT2D eigenvalue weighted by Crippen LogP contribution is 2.23. The molecule has 0 radical (unpaired) electrons. The molecular formula is C15H15N. The Morgan fingerprint density at radius 1 is 0.938 bits per heavy atom. The van der Waals surface area contributed by atoms with Gasteiger partial charge in [0.1, 0.15) is 0 Å². The predicted octanol–water partition coefficient (Wildman–Crippen LogP) is 3.38. The average molecular weight is 209 g/mol. The zero-order valence-electron chi connectivity index (χ0n) is 9.14. The Balaban J connectivity index is 2.41. The quantitative estimate of drug-likeness (QED) is 0.824. The summed E-state index contributed by atoms with van der Waals surface area (Å²) in [5, 5.41) is 0. The summed E-state index contributed by atoms with van der Waals surface area (Å²) in [6.45, 7) is 3.81. The second-order valence-corrected chi connectivity index (χ2v) is 3.72. The predicted molar refractivity (Wildman–Crippen MR) is 69.0 cm³/mol. The van der Waals surface area contributed by atoms with Crippen LogP contribution in [0.3, 0.4) is 0 Å². The van der Waals surface area contributed by atoms with Crippen molar-refractivity contribution in [3.63, 3.8) is 0 Å². The summed E-state index contributed by atoms with van der Waals surface area (Å²) >= 11 is 0. The SMILES string of the molecule is C=Cc1ccccc1C(N)c1ccccc1. The molecule has 2 aromatic carbocycles. The Labute approximate surface area is 96.2 Å². The van der Waals surface area contributed by atoms with Crippen LogP contribution in [0.1, 0.15) is 22.7 Å². The molecule has 0 aliphatic carbocycles. The monoisotopic (exact) mass is 209 g/mol. The fraction of sp³-hybridized carbons (Fsp3) is 0.0667. The molecule has 2 aromatic rings. The molecule has 0 spiro atoms. The van der Waals surface area contributed by atoms with Gasteiger partial charge in [0.05, 0.1) is 6.04 Å². The molecule has 2 rings (SSSR count). The molecule has 0 amide bonds. The van der Waals surface area contributed by atoms with Gasteiger partial charge in [0, 0.05) is 0 Å². The summed E-state index contributed by atoms with van der Waals surface area (Å²) in [7, 11) is 0. The Kier molecular flexibility index (Phi) is 3.18. The zero-order valence-corrected chi connectivity index (χ0v) is 9.14. The molecule has 0 aliphatic heterocycles. The van der Waals surface area contributed by atoms with Crippen LogP contribution in [0.15, 0.2) is 61.2 Å². The maximum absolute atomic E-state index is 6.24. The topological polar surface area (TPSA) is 26.0 Å². The Hall–Kier alpha value is -1.86. The van der Waals surface area contributed by atoms with E-state index in [1.807, 2.05) is 54.6 Å². The molecular weight excluding hydrogens is 194 g/mol. The maximum Gasteiger partial charge on any atom is 0.0557 e. The molecule has 0 saturated heterocycles. The van der Waals surface area contributed by atoms with Crippen LogP contribution in [-0.2, 0) is 0 Å². The molecule has 0 bridgehead atoms. The summed E-state index contributed by atoms with van der Waals surface area (Å²) in [6, 6.07) is 18.1. The number of rotatable bonds is 3. The van der Waals surface area contributed by atoms with E-state index >= 15 is 0 Å². The lowest BCUT2D eigenvalue weighted by Crippen LogP contribution is -2.12. The largest absolute Gasteiger partial charge is 0.320 e. The van der Waals surface area contributed by atoms with Gasteiger partial charge in [-0.1, -0.05) is 67.3 Å². The van der Waals surface area contributed by atoms with Gasteiger partial charge in [-0.15, -0.1) is 0 Å². The maximum atomic E-state index is 6.24. The van der Waals surface area contributed by atoms with Crippen LogP contribution in [-0.4, -0.2) is 0 Å². The first kappa shape index (κ1) is 10.7. The van der Waals surface area contributed by atoms with Gasteiger partial charge >= 0.3 is 0 Å². The standard InChI is InChI=1S/C15H15N/c1-2-12-8-6-7-11-14(12)15(16)13-9-4-3-5-10-13/h2-11,15H,1,16H2. The first-order chi connectivity index (χ1) is 7.83. The van der Waals surface area contributed by atoms with Crippen LogP contribution in [0.2, 0.25) is 0 Å². The number of benzene rings is 2. The van der Waals surface area contributed by atoms with Crippen molar-refractivity contribution >= 4 is 6.08 Å². The average Bonchev–Trinajstić information content (AvgIpc) is 2.39. The first-order valence-electron chi connectivity index (χ1n) is 5.35. The van der Waals surface area contributed by atoms with Gasteiger partial charge in [-0.3, -0.25) is 0 Å². The summed E-state index contributed by atoms with van der Waals surface area (Å²) in [4.78, 5) is 0. The van der Waals surface area contributed by atoms with Crippen LogP contribution in [0.5, 0.6) is 0 Å². The second kappa shape index (κ2) is 4.77. The van der Waals surface area contributed by atoms with E-state index < -0.39 is 0 Å². The first-order valence-corrected chi connectivity index (χ1v) is 5.35. The third kappa shape index (κ3) is 2.05. The van der Waals surface area contributed by atoms with Crippen LogP contribution >= 0.6 is 0 Å². The number of hydrogen-bond acceptors (Lipinski definition) is 1. The Bertz CT molecular complexity index is 474. The molecule has 1 nitrogen and oxygen atoms in total. The normalized spacial score (nSPS) is 12.1. The van der Waals surface area contributed by atoms with E-state index in [0.29, 0.717) is 0 Å². The molecule has 0 heterocycles. The highest BCUT2D eigenvalue weighted by Gasteiger charge is 2.10. The van der Waals surface area contributed by atoms with E-state index in [1.54, 1.807) is 0 Å². The number of hydrogen-bond donors (Lipinski definition) is 1. The van der Waals surface area contributed by atoms with Crippen molar-refractivity contribution in [2.45, 2.75) is 6.04 Å². The lowest BCUT2D eigenvalue weighted by atomic mass is 9.95. The van der Waals surface area contributed by atoms with Crippen LogP contribution < -0.4 is 5.73 Å². The highest BCUT2D eigenvalue weighted by molar-refractivity contribution is 5.54. The van der Waals surface area contributed by atoms with Gasteiger partial charge in [-0.05, 0) is 16.7 Å². The van der Waals surface area contributed by atoms with Crippen molar-refractivity contribution in [3.05, 3.63) is 77.9 Å². The zero-order chi connectivity index (χ0) is 11.4. The molecule has 0 saturated carbocycles. The molecule has 1 unspecified atom stereocenters. The van der Waals surface area contributed by atoms with E-state index in [9.17, 15) is 0 Å². The highest BCUT2D eigenvalue weighted by atomic mass is 14.6. The fourth-order valence-corrected chi connectivity index (χ4v) is 1.82. The molecule has 2 N–H and O–H groups in total. The third-order valence-electron chi connectivity index (χ3n) is 2.71. The van der Waals surface area contributed by atoms with E-state index in [0.717, 1.165) is 16.7 Å². The van der Waals surface area contributed by atoms with Crippen molar-refractivity contribution in [2.75, 3.05) is 0 Å². The van der Waals surface area contributed by atoms with Crippen molar-refractivity contribution in [1.82, 2.24) is 0 Å². The van der Waals surface area contributed by atoms with Gasteiger partial charge in [0.2, 0.25) is 0 Å². The number of nitrogens with two attached hydrogens (primary N) is 1. The van der Waals surface area contributed by atoms with E-state index in [-0.39, 0.29) is 6.04 Å². The van der Waals surface area contributed by atoms with Gasteiger partial charge in [0.25, 0.3) is 0 Å². The lowest BCUT2D eigenvalue weighted by Gasteiger charge is -2.15. The smallest absolute Gasteiger partial charge is 0.0557 e. The van der Waals surface area contributed by atoms with Crippen LogP contribution in [0, 0.1) is 0 Å². The third-order valence-corrected chi connectivity index (χ3v) is 2.71. The van der Waals surface area contributed by atoms with Gasteiger partial charge in [-0.25, -0.2) is 0 Å². The summed E-state index contributed by atoms with van der Waals surface area (Å²) < 4.78 is 0. The molecule has 80 valence electrons. The van der Waals surface area contributed by atoms with Crippen LogP contribution in [0.4, 0.5) is 0 Å². The van der Waals surface area contributed by atoms with Crippen molar-refractivity contribution in [1.29, 1.82) is 0 Å². The Morgan fingerprint density at radius 2 is 1.56 bits per heavy atom. The second-order valence-electron chi connectivity index (χ2n) is 3.72. The minimum absolute atomic E-state index is 0.0876. The Morgan fingerprint density at radius 3 is 2.25 bits per heavy atom. The van der Waals surface area contributed by atoms with E-state index in [2.05, 4.69) is 12.6 Å². The van der Waals surface area contributed by atoms with Crippen molar-refractivity contribution < 1.29 is 0 Å². The lowest BCUT2D eigenvalue weighted by molar-refractivity contribution is 0.869. The molecule has 1 heteroatoms. The fourth-order valence-electron chi connectivity index (χ4n) is 1.82. The minimum Gasteiger partial charge on any atom is -0.320 e. The van der Waals surface area contributed by atoms with Gasteiger partial charge in [-0.2, -0.15) is 0 Å². The molecule has 1 atom stereocenters. The molecule has 0 aliphatic rings. The molecule has 0 aromatic heterocycles. The summed E-state index contributed by atoms with van der Waals surface area (Å²) in [5.74, 6) is 0. The van der Waals surface area contributed by atoms with Gasteiger partial charge in [0.15, 0.2) is 0 Å². The summed E-state index contributed by atoms with van der Waals surface area (Å²) in [6.07, 6.45) is 1.85. The van der Waals surface area contributed by atoms with Gasteiger partial charge < -0.3 is 5.73 Å².